The number of ether oxygens (including phenoxy) is 1. The molecule has 1 fully saturated rings. The molecule has 23 heavy (non-hydrogen) atoms. The maximum Gasteiger partial charge on any atom is 0.309 e. The van der Waals surface area contributed by atoms with E-state index in [-0.39, 0.29) is 17.7 Å². The minimum absolute atomic E-state index is 0.00862. The quantitative estimate of drug-likeness (QED) is 0.881. The lowest BCUT2D eigenvalue weighted by molar-refractivity contribution is -0.148. The van der Waals surface area contributed by atoms with E-state index in [9.17, 15) is 9.18 Å². The van der Waals surface area contributed by atoms with Gasteiger partial charge in [-0.05, 0) is 44.0 Å². The van der Waals surface area contributed by atoms with E-state index in [0.29, 0.717) is 12.4 Å². The van der Waals surface area contributed by atoms with Crippen molar-refractivity contribution in [3.8, 4) is 11.4 Å². The second-order valence-electron chi connectivity index (χ2n) is 5.64. The summed E-state index contributed by atoms with van der Waals surface area (Å²) >= 11 is 0. The average molecular weight is 317 g/mol. The Bertz CT molecular complexity index is 661. The lowest BCUT2D eigenvalue weighted by Crippen LogP contribution is -2.37. The number of hydrogen-bond acceptors (Lipinski definition) is 4. The number of nitrogens with zero attached hydrogens (tertiary/aromatic N) is 2. The molecule has 1 saturated heterocycles. The number of aromatic nitrogens is 2. The maximum atomic E-state index is 13.0. The Labute approximate surface area is 134 Å². The molecule has 2 aromatic rings. The molecule has 1 aliphatic rings. The number of piperidine rings is 1. The SMILES string of the molecule is CCOC(=O)C1CCN(c2cnc(-c3ccc(F)cc3)[nH]2)CC1. The summed E-state index contributed by atoms with van der Waals surface area (Å²) in [4.78, 5) is 21.6. The molecule has 1 aliphatic heterocycles. The van der Waals surface area contributed by atoms with Crippen molar-refractivity contribution in [3.05, 3.63) is 36.3 Å². The number of nitrogens with one attached hydrogen (secondary N) is 1. The van der Waals surface area contributed by atoms with Gasteiger partial charge in [0, 0.05) is 18.7 Å². The molecule has 1 aromatic heterocycles. The molecule has 0 atom stereocenters. The number of halogens is 1. The van der Waals surface area contributed by atoms with E-state index < -0.39 is 0 Å². The topological polar surface area (TPSA) is 58.2 Å². The summed E-state index contributed by atoms with van der Waals surface area (Å²) in [6.07, 6.45) is 3.34. The first-order chi connectivity index (χ1) is 11.2. The van der Waals surface area contributed by atoms with Gasteiger partial charge in [-0.15, -0.1) is 0 Å². The summed E-state index contributed by atoms with van der Waals surface area (Å²) < 4.78 is 18.1. The molecule has 0 aliphatic carbocycles. The van der Waals surface area contributed by atoms with Crippen LogP contribution >= 0.6 is 0 Å². The van der Waals surface area contributed by atoms with E-state index in [2.05, 4.69) is 14.9 Å². The highest BCUT2D eigenvalue weighted by atomic mass is 19.1. The molecule has 1 N–H and O–H groups in total. The highest BCUT2D eigenvalue weighted by molar-refractivity contribution is 5.72. The number of carbonyl (C=O) groups is 1. The molecular weight excluding hydrogens is 297 g/mol. The third kappa shape index (κ3) is 3.52. The molecule has 2 heterocycles. The van der Waals surface area contributed by atoms with Crippen molar-refractivity contribution in [1.29, 1.82) is 0 Å². The van der Waals surface area contributed by atoms with E-state index in [1.54, 1.807) is 18.3 Å². The van der Waals surface area contributed by atoms with Gasteiger partial charge in [0.05, 0.1) is 18.7 Å². The smallest absolute Gasteiger partial charge is 0.309 e. The minimum atomic E-state index is -0.262. The zero-order valence-electron chi connectivity index (χ0n) is 13.1. The summed E-state index contributed by atoms with van der Waals surface area (Å²) in [5.41, 5.74) is 0.846. The van der Waals surface area contributed by atoms with Crippen molar-refractivity contribution < 1.29 is 13.9 Å². The Morgan fingerprint density at radius 3 is 2.70 bits per heavy atom. The van der Waals surface area contributed by atoms with E-state index in [1.807, 2.05) is 6.92 Å². The minimum Gasteiger partial charge on any atom is -0.466 e. The Kier molecular flexibility index (Phi) is 4.60. The number of benzene rings is 1. The fraction of sp³-hybridized carbons (Fsp3) is 0.412. The number of hydrogen-bond donors (Lipinski definition) is 1. The Hall–Kier alpha value is -2.37. The van der Waals surface area contributed by atoms with E-state index in [0.717, 1.165) is 37.3 Å². The van der Waals surface area contributed by atoms with Crippen molar-refractivity contribution >= 4 is 11.8 Å². The third-order valence-corrected chi connectivity index (χ3v) is 4.14. The van der Waals surface area contributed by atoms with Gasteiger partial charge in [-0.2, -0.15) is 0 Å². The van der Waals surface area contributed by atoms with Crippen LogP contribution in [-0.4, -0.2) is 35.6 Å². The van der Waals surface area contributed by atoms with Crippen molar-refractivity contribution in [2.24, 2.45) is 5.92 Å². The molecule has 1 aromatic carbocycles. The van der Waals surface area contributed by atoms with Gasteiger partial charge in [0.1, 0.15) is 17.5 Å². The molecule has 0 spiro atoms. The van der Waals surface area contributed by atoms with E-state index in [4.69, 9.17) is 4.74 Å². The van der Waals surface area contributed by atoms with Crippen LogP contribution in [0.2, 0.25) is 0 Å². The van der Waals surface area contributed by atoms with Gasteiger partial charge in [-0.1, -0.05) is 0 Å². The maximum absolute atomic E-state index is 13.0. The van der Waals surface area contributed by atoms with Crippen LogP contribution in [0, 0.1) is 11.7 Å². The summed E-state index contributed by atoms with van der Waals surface area (Å²) in [7, 11) is 0. The largest absolute Gasteiger partial charge is 0.466 e. The monoisotopic (exact) mass is 317 g/mol. The van der Waals surface area contributed by atoms with Gasteiger partial charge in [0.15, 0.2) is 0 Å². The Morgan fingerprint density at radius 2 is 2.04 bits per heavy atom. The molecule has 0 unspecified atom stereocenters. The van der Waals surface area contributed by atoms with Gasteiger partial charge < -0.3 is 14.6 Å². The molecule has 5 nitrogen and oxygen atoms in total. The number of aromatic amines is 1. The fourth-order valence-electron chi connectivity index (χ4n) is 2.84. The predicted molar refractivity (Wildman–Crippen MR) is 85.6 cm³/mol. The van der Waals surface area contributed by atoms with Crippen LogP contribution in [0.1, 0.15) is 19.8 Å². The molecule has 6 heteroatoms. The number of imidazole rings is 1. The van der Waals surface area contributed by atoms with Crippen molar-refractivity contribution in [3.63, 3.8) is 0 Å². The fourth-order valence-corrected chi connectivity index (χ4v) is 2.84. The van der Waals surface area contributed by atoms with E-state index in [1.165, 1.54) is 12.1 Å². The number of esters is 1. The van der Waals surface area contributed by atoms with Crippen molar-refractivity contribution in [2.75, 3.05) is 24.6 Å². The zero-order valence-corrected chi connectivity index (χ0v) is 13.1. The third-order valence-electron chi connectivity index (χ3n) is 4.14. The van der Waals surface area contributed by atoms with Crippen LogP contribution < -0.4 is 4.90 Å². The summed E-state index contributed by atoms with van der Waals surface area (Å²) in [5.74, 6) is 1.27. The second-order valence-corrected chi connectivity index (χ2v) is 5.64. The van der Waals surface area contributed by atoms with Crippen molar-refractivity contribution in [2.45, 2.75) is 19.8 Å². The first-order valence-corrected chi connectivity index (χ1v) is 7.90. The first-order valence-electron chi connectivity index (χ1n) is 7.90. The zero-order chi connectivity index (χ0) is 16.2. The van der Waals surface area contributed by atoms with Crippen LogP contribution in [0.4, 0.5) is 10.2 Å². The molecule has 3 rings (SSSR count). The normalized spacial score (nSPS) is 15.7. The lowest BCUT2D eigenvalue weighted by atomic mass is 9.97. The van der Waals surface area contributed by atoms with Gasteiger partial charge in [-0.25, -0.2) is 9.37 Å². The van der Waals surface area contributed by atoms with Gasteiger partial charge in [0.2, 0.25) is 0 Å². The summed E-state index contributed by atoms with van der Waals surface area (Å²) in [6.45, 7) is 3.83. The molecule has 0 amide bonds. The van der Waals surface area contributed by atoms with Crippen LogP contribution in [0.25, 0.3) is 11.4 Å². The number of carbonyl (C=O) groups excluding carboxylic acids is 1. The second kappa shape index (κ2) is 6.81. The standard InChI is InChI=1S/C17H20FN3O2/c1-2-23-17(22)13-7-9-21(10-8-13)15-11-19-16(20-15)12-3-5-14(18)6-4-12/h3-6,11,13H,2,7-10H2,1H3,(H,19,20). The molecule has 0 radical (unpaired) electrons. The average Bonchev–Trinajstić information content (AvgIpc) is 3.06. The van der Waals surface area contributed by atoms with Gasteiger partial charge in [-0.3, -0.25) is 4.79 Å². The number of H-pyrrole nitrogens is 1. The lowest BCUT2D eigenvalue weighted by Gasteiger charge is -2.31. The van der Waals surface area contributed by atoms with Crippen LogP contribution in [-0.2, 0) is 9.53 Å². The molecule has 0 bridgehead atoms. The van der Waals surface area contributed by atoms with Crippen LogP contribution in [0.15, 0.2) is 30.5 Å². The first kappa shape index (κ1) is 15.5. The highest BCUT2D eigenvalue weighted by Gasteiger charge is 2.26. The molecule has 122 valence electrons. The Balaban J connectivity index is 1.63. The Morgan fingerprint density at radius 1 is 1.35 bits per heavy atom. The van der Waals surface area contributed by atoms with Gasteiger partial charge >= 0.3 is 5.97 Å². The van der Waals surface area contributed by atoms with Crippen LogP contribution in [0.5, 0.6) is 0 Å². The van der Waals surface area contributed by atoms with Gasteiger partial charge in [0.25, 0.3) is 0 Å². The van der Waals surface area contributed by atoms with E-state index >= 15 is 0 Å². The molecular formula is C17H20FN3O2. The summed E-state index contributed by atoms with van der Waals surface area (Å²) in [5, 5.41) is 0. The highest BCUT2D eigenvalue weighted by Crippen LogP contribution is 2.25. The van der Waals surface area contributed by atoms with Crippen LogP contribution in [0.3, 0.4) is 0 Å². The van der Waals surface area contributed by atoms with Crippen molar-refractivity contribution in [1.82, 2.24) is 9.97 Å². The number of anilines is 1. The summed E-state index contributed by atoms with van der Waals surface area (Å²) in [6, 6.07) is 6.24. The number of rotatable bonds is 4. The predicted octanol–water partition coefficient (Wildman–Crippen LogP) is 3.00. The molecule has 0 saturated carbocycles.